The van der Waals surface area contributed by atoms with E-state index >= 15 is 0 Å². The second kappa shape index (κ2) is 7.67. The van der Waals surface area contributed by atoms with Crippen molar-refractivity contribution in [2.24, 2.45) is 0 Å². The van der Waals surface area contributed by atoms with Crippen molar-refractivity contribution in [3.8, 4) is 11.5 Å². The maximum Gasteiger partial charge on any atom is 1.00 e. The molecule has 4 nitrogen and oxygen atoms in total. The molecule has 0 unspecified atom stereocenters. The molecule has 112 valence electrons. The van der Waals surface area contributed by atoms with Crippen LogP contribution >= 0.6 is 7.82 Å². The molecule has 2 rings (SSSR count). The van der Waals surface area contributed by atoms with E-state index in [0.29, 0.717) is 11.5 Å². The van der Waals surface area contributed by atoms with Crippen LogP contribution < -0.4 is 43.5 Å². The predicted octanol–water partition coefficient (Wildman–Crippen LogP) is 0.850. The number of phosphoric acid groups is 1. The number of para-hydroxylation sites is 2. The molecule has 6 heteroatoms. The second-order valence-electron chi connectivity index (χ2n) is 5.07. The van der Waals surface area contributed by atoms with Crippen molar-refractivity contribution >= 4 is 7.82 Å². The Bertz CT molecular complexity index is 617. The first kappa shape index (κ1) is 19.3. The van der Waals surface area contributed by atoms with Crippen molar-refractivity contribution in [3.63, 3.8) is 0 Å². The van der Waals surface area contributed by atoms with Crippen LogP contribution in [0.1, 0.15) is 22.3 Å². The summed E-state index contributed by atoms with van der Waals surface area (Å²) in [6.07, 6.45) is 0. The third-order valence-corrected chi connectivity index (χ3v) is 4.04. The summed E-state index contributed by atoms with van der Waals surface area (Å²) in [5.41, 5.74) is 2.99. The van der Waals surface area contributed by atoms with E-state index in [1.165, 1.54) is 0 Å². The third-order valence-electron chi connectivity index (χ3n) is 3.22. The van der Waals surface area contributed by atoms with Crippen LogP contribution in [0.2, 0.25) is 0 Å². The molecule has 0 radical (unpaired) electrons. The molecule has 0 aliphatic carbocycles. The van der Waals surface area contributed by atoms with Crippen LogP contribution in [0, 0.1) is 27.7 Å². The van der Waals surface area contributed by atoms with Gasteiger partial charge in [-0.05, 0) is 49.9 Å². The zero-order valence-corrected chi connectivity index (χ0v) is 16.4. The van der Waals surface area contributed by atoms with E-state index in [0.717, 1.165) is 22.3 Å². The first-order valence-electron chi connectivity index (χ1n) is 6.63. The fourth-order valence-electron chi connectivity index (χ4n) is 2.13. The Morgan fingerprint density at radius 3 is 1.32 bits per heavy atom. The van der Waals surface area contributed by atoms with Crippen molar-refractivity contribution in [2.75, 3.05) is 0 Å². The van der Waals surface area contributed by atoms with E-state index in [2.05, 4.69) is 0 Å². The zero-order valence-electron chi connectivity index (χ0n) is 13.5. The molecule has 0 aliphatic rings. The average Bonchev–Trinajstić information content (AvgIpc) is 2.39. The Labute approximate surface area is 153 Å². The number of rotatable bonds is 4. The van der Waals surface area contributed by atoms with Crippen molar-refractivity contribution in [1.82, 2.24) is 0 Å². The number of phosphoric ester groups is 1. The molecular weight excluding hydrogens is 310 g/mol. The van der Waals surface area contributed by atoms with Gasteiger partial charge in [0.05, 0.1) is 0 Å². The van der Waals surface area contributed by atoms with Crippen LogP contribution in [-0.2, 0) is 4.57 Å². The molecule has 0 amide bonds. The van der Waals surface area contributed by atoms with Gasteiger partial charge in [0.25, 0.3) is 0 Å². The number of hydrogen-bond acceptors (Lipinski definition) is 4. The topological polar surface area (TPSA) is 58.6 Å². The molecule has 0 saturated carbocycles. The van der Waals surface area contributed by atoms with E-state index in [-0.39, 0.29) is 29.6 Å². The van der Waals surface area contributed by atoms with E-state index < -0.39 is 7.82 Å². The van der Waals surface area contributed by atoms with E-state index in [9.17, 15) is 9.46 Å². The minimum absolute atomic E-state index is 0. The van der Waals surface area contributed by atoms with E-state index in [1.807, 2.05) is 12.1 Å². The van der Waals surface area contributed by atoms with Crippen molar-refractivity contribution in [3.05, 3.63) is 58.7 Å². The van der Waals surface area contributed by atoms with Crippen molar-refractivity contribution in [2.45, 2.75) is 27.7 Å². The molecule has 0 N–H and O–H groups in total. The standard InChI is InChI=1S/C16H19O4P.Na/c1-11-7-5-8-12(2)15(11)19-21(17,18)20-16-13(3)9-6-10-14(16)4;/h5-10H,1-4H3,(H,17,18);/q;+1/p-1. The van der Waals surface area contributed by atoms with Crippen LogP contribution in [0.4, 0.5) is 0 Å². The second-order valence-corrected chi connectivity index (χ2v) is 6.33. The summed E-state index contributed by atoms with van der Waals surface area (Å²) in [5, 5.41) is 0. The third kappa shape index (κ3) is 4.61. The summed E-state index contributed by atoms with van der Waals surface area (Å²) in [6.45, 7) is 7.17. The molecule has 0 saturated heterocycles. The van der Waals surface area contributed by atoms with Gasteiger partial charge < -0.3 is 13.9 Å². The Morgan fingerprint density at radius 1 is 0.773 bits per heavy atom. The molecule has 0 bridgehead atoms. The molecule has 0 heterocycles. The van der Waals surface area contributed by atoms with Gasteiger partial charge in [-0.3, -0.25) is 0 Å². The SMILES string of the molecule is Cc1cccc(C)c1OP(=O)([O-])Oc1c(C)cccc1C.[Na+]. The van der Waals surface area contributed by atoms with Crippen LogP contribution in [0.25, 0.3) is 0 Å². The van der Waals surface area contributed by atoms with Gasteiger partial charge in [0, 0.05) is 0 Å². The molecule has 2 aromatic carbocycles. The van der Waals surface area contributed by atoms with Gasteiger partial charge in [-0.2, -0.15) is 0 Å². The molecule has 2 aromatic rings. The smallest absolute Gasteiger partial charge is 0.736 e. The summed E-state index contributed by atoms with van der Waals surface area (Å²) in [6, 6.07) is 10.9. The first-order chi connectivity index (χ1) is 9.80. The zero-order chi connectivity index (χ0) is 15.6. The normalized spacial score (nSPS) is 10.8. The summed E-state index contributed by atoms with van der Waals surface area (Å²) in [5.74, 6) is 0.643. The van der Waals surface area contributed by atoms with Gasteiger partial charge in [-0.1, -0.05) is 36.4 Å². The van der Waals surface area contributed by atoms with Gasteiger partial charge in [-0.25, -0.2) is 4.57 Å². The molecule has 0 aliphatic heterocycles. The van der Waals surface area contributed by atoms with Crippen molar-refractivity contribution in [1.29, 1.82) is 0 Å². The first-order valence-corrected chi connectivity index (χ1v) is 8.09. The fraction of sp³-hybridized carbons (Fsp3) is 0.250. The molecule has 0 spiro atoms. The Kier molecular flexibility index (Phi) is 6.72. The summed E-state index contributed by atoms with van der Waals surface area (Å²) in [4.78, 5) is 12.2. The van der Waals surface area contributed by atoms with Crippen LogP contribution in [0.5, 0.6) is 11.5 Å². The maximum absolute atomic E-state index is 12.2. The number of aryl methyl sites for hydroxylation is 4. The minimum atomic E-state index is -4.49. The number of benzene rings is 2. The van der Waals surface area contributed by atoms with E-state index in [4.69, 9.17) is 9.05 Å². The minimum Gasteiger partial charge on any atom is -0.736 e. The van der Waals surface area contributed by atoms with Crippen LogP contribution in [0.15, 0.2) is 36.4 Å². The summed E-state index contributed by atoms with van der Waals surface area (Å²) in [7, 11) is -4.49. The van der Waals surface area contributed by atoms with Gasteiger partial charge in [0.1, 0.15) is 11.5 Å². The van der Waals surface area contributed by atoms with Gasteiger partial charge in [0.2, 0.25) is 0 Å². The average molecular weight is 328 g/mol. The van der Waals surface area contributed by atoms with E-state index in [1.54, 1.807) is 52.0 Å². The molecule has 0 atom stereocenters. The van der Waals surface area contributed by atoms with Gasteiger partial charge in [-0.15, -0.1) is 0 Å². The Balaban J connectivity index is 0.00000242. The van der Waals surface area contributed by atoms with Gasteiger partial charge in [0.15, 0.2) is 0 Å². The molecule has 22 heavy (non-hydrogen) atoms. The molecule has 0 fully saturated rings. The fourth-order valence-corrected chi connectivity index (χ4v) is 3.19. The van der Waals surface area contributed by atoms with Gasteiger partial charge >= 0.3 is 37.4 Å². The maximum atomic E-state index is 12.2. The quantitative estimate of drug-likeness (QED) is 0.617. The Morgan fingerprint density at radius 2 is 1.05 bits per heavy atom. The Hall–Kier alpha value is -0.770. The monoisotopic (exact) mass is 328 g/mol. The summed E-state index contributed by atoms with van der Waals surface area (Å²) < 4.78 is 22.5. The van der Waals surface area contributed by atoms with Crippen LogP contribution in [0.3, 0.4) is 0 Å². The molecule has 0 aromatic heterocycles. The molecular formula is C16H18NaO4P. The largest absolute Gasteiger partial charge is 1.00 e. The number of hydrogen-bond donors (Lipinski definition) is 0. The van der Waals surface area contributed by atoms with Crippen LogP contribution in [-0.4, -0.2) is 0 Å². The summed E-state index contributed by atoms with van der Waals surface area (Å²) >= 11 is 0. The van der Waals surface area contributed by atoms with Crippen molar-refractivity contribution < 1.29 is 48.1 Å². The predicted molar refractivity (Wildman–Crippen MR) is 80.7 cm³/mol.